The van der Waals surface area contributed by atoms with Crippen LogP contribution in [0.15, 0.2) is 28.7 Å². The number of nitrogens with zero attached hydrogens (tertiary/aromatic N) is 2. The maximum absolute atomic E-state index is 13.3. The van der Waals surface area contributed by atoms with Crippen molar-refractivity contribution in [3.63, 3.8) is 0 Å². The van der Waals surface area contributed by atoms with Crippen LogP contribution in [-0.2, 0) is 6.54 Å². The highest BCUT2D eigenvalue weighted by atomic mass is 19.1. The molecule has 1 heterocycles. The lowest BCUT2D eigenvalue weighted by molar-refractivity contribution is 0.472. The molecule has 0 radical (unpaired) electrons. The van der Waals surface area contributed by atoms with Gasteiger partial charge in [0.15, 0.2) is 0 Å². The number of anilines is 1. The molecule has 0 aliphatic heterocycles. The highest BCUT2D eigenvalue weighted by molar-refractivity contribution is 5.24. The lowest BCUT2D eigenvalue weighted by Crippen LogP contribution is -2.04. The van der Waals surface area contributed by atoms with Crippen LogP contribution in [0.5, 0.6) is 0 Å². The van der Waals surface area contributed by atoms with Gasteiger partial charge in [0.05, 0.1) is 6.04 Å². The lowest BCUT2D eigenvalue weighted by atomic mass is 10.2. The minimum Gasteiger partial charge on any atom is -0.406 e. The third-order valence-corrected chi connectivity index (χ3v) is 2.22. The van der Waals surface area contributed by atoms with Crippen molar-refractivity contribution in [3.8, 4) is 0 Å². The van der Waals surface area contributed by atoms with Gasteiger partial charge < -0.3 is 15.5 Å². The number of rotatable bonds is 4. The number of nitrogens with two attached hydrogens (primary N) is 1. The molecule has 1 aromatic carbocycles. The van der Waals surface area contributed by atoms with E-state index in [1.807, 2.05) is 0 Å². The molecule has 0 aliphatic rings. The van der Waals surface area contributed by atoms with Crippen molar-refractivity contribution in [2.24, 2.45) is 5.73 Å². The van der Waals surface area contributed by atoms with Gasteiger partial charge in [0.25, 0.3) is 0 Å². The van der Waals surface area contributed by atoms with Crippen LogP contribution in [0.25, 0.3) is 0 Å². The molecule has 1 atom stereocenters. The molecule has 1 aromatic heterocycles. The van der Waals surface area contributed by atoms with E-state index in [2.05, 4.69) is 15.5 Å². The third-order valence-electron chi connectivity index (χ3n) is 2.22. The number of nitrogens with one attached hydrogen (secondary N) is 1. The smallest absolute Gasteiger partial charge is 0.315 e. The van der Waals surface area contributed by atoms with E-state index in [-0.39, 0.29) is 24.4 Å². The maximum atomic E-state index is 13.3. The third kappa shape index (κ3) is 2.79. The van der Waals surface area contributed by atoms with Gasteiger partial charge in [-0.15, -0.1) is 5.10 Å². The average molecular weight is 236 g/mol. The number of benzene rings is 1. The van der Waals surface area contributed by atoms with Gasteiger partial charge in [0.1, 0.15) is 5.82 Å². The second kappa shape index (κ2) is 4.92. The Morgan fingerprint density at radius 1 is 1.41 bits per heavy atom. The van der Waals surface area contributed by atoms with Gasteiger partial charge in [-0.2, -0.15) is 0 Å². The molecular weight excluding hydrogens is 223 g/mol. The fourth-order valence-electron chi connectivity index (χ4n) is 1.30. The van der Waals surface area contributed by atoms with Gasteiger partial charge in [0.2, 0.25) is 5.89 Å². The van der Waals surface area contributed by atoms with Crippen molar-refractivity contribution in [1.82, 2.24) is 10.2 Å². The van der Waals surface area contributed by atoms with Gasteiger partial charge in [-0.25, -0.2) is 4.39 Å². The van der Waals surface area contributed by atoms with Gasteiger partial charge >= 0.3 is 6.01 Å². The summed E-state index contributed by atoms with van der Waals surface area (Å²) in [7, 11) is 0. The molecule has 0 fully saturated rings. The van der Waals surface area contributed by atoms with E-state index in [1.54, 1.807) is 25.1 Å². The summed E-state index contributed by atoms with van der Waals surface area (Å²) in [6, 6.07) is 6.41. The minimum atomic E-state index is -0.313. The maximum Gasteiger partial charge on any atom is 0.315 e. The molecule has 2 aromatic rings. The molecule has 0 saturated carbocycles. The van der Waals surface area contributed by atoms with Crippen LogP contribution in [-0.4, -0.2) is 10.2 Å². The monoisotopic (exact) mass is 236 g/mol. The van der Waals surface area contributed by atoms with Crippen LogP contribution in [0.2, 0.25) is 0 Å². The molecule has 0 saturated heterocycles. The predicted molar refractivity (Wildman–Crippen MR) is 60.6 cm³/mol. The van der Waals surface area contributed by atoms with E-state index < -0.39 is 0 Å². The molecule has 1 unspecified atom stereocenters. The van der Waals surface area contributed by atoms with E-state index in [9.17, 15) is 4.39 Å². The molecule has 0 bridgehead atoms. The summed E-state index contributed by atoms with van der Waals surface area (Å²) in [4.78, 5) is 0. The molecule has 3 N–H and O–H groups in total. The molecule has 6 heteroatoms. The molecule has 17 heavy (non-hydrogen) atoms. The van der Waals surface area contributed by atoms with Crippen LogP contribution in [0.3, 0.4) is 0 Å². The van der Waals surface area contributed by atoms with E-state index in [1.165, 1.54) is 6.07 Å². The molecule has 0 spiro atoms. The molecule has 90 valence electrons. The van der Waals surface area contributed by atoms with Crippen molar-refractivity contribution in [2.45, 2.75) is 19.5 Å². The van der Waals surface area contributed by atoms with Crippen molar-refractivity contribution in [2.75, 3.05) is 5.32 Å². The summed E-state index contributed by atoms with van der Waals surface area (Å²) < 4.78 is 18.5. The largest absolute Gasteiger partial charge is 0.406 e. The number of hydrogen-bond acceptors (Lipinski definition) is 5. The Balaban J connectivity index is 2.00. The first-order chi connectivity index (χ1) is 8.16. The van der Waals surface area contributed by atoms with Crippen LogP contribution >= 0.6 is 0 Å². The van der Waals surface area contributed by atoms with Crippen molar-refractivity contribution in [3.05, 3.63) is 41.5 Å². The Kier molecular flexibility index (Phi) is 3.34. The Labute approximate surface area is 97.8 Å². The van der Waals surface area contributed by atoms with Crippen LogP contribution in [0, 0.1) is 5.82 Å². The topological polar surface area (TPSA) is 77.0 Å². The Bertz CT molecular complexity index is 498. The first-order valence-corrected chi connectivity index (χ1v) is 5.23. The van der Waals surface area contributed by atoms with Crippen molar-refractivity contribution >= 4 is 6.01 Å². The zero-order chi connectivity index (χ0) is 12.3. The first kappa shape index (κ1) is 11.5. The Morgan fingerprint density at radius 3 is 2.82 bits per heavy atom. The zero-order valence-corrected chi connectivity index (χ0v) is 9.35. The Morgan fingerprint density at radius 2 is 2.18 bits per heavy atom. The fourth-order valence-corrected chi connectivity index (χ4v) is 1.30. The second-order valence-corrected chi connectivity index (χ2v) is 3.68. The molecular formula is C11H13FN4O. The van der Waals surface area contributed by atoms with E-state index in [0.29, 0.717) is 11.5 Å². The van der Waals surface area contributed by atoms with Crippen LogP contribution < -0.4 is 11.1 Å². The molecule has 0 aliphatic carbocycles. The van der Waals surface area contributed by atoms with E-state index in [0.717, 1.165) is 0 Å². The van der Waals surface area contributed by atoms with E-state index >= 15 is 0 Å². The number of aromatic nitrogens is 2. The van der Waals surface area contributed by atoms with Crippen LogP contribution in [0.4, 0.5) is 10.4 Å². The number of halogens is 1. The summed E-state index contributed by atoms with van der Waals surface area (Å²) in [6.07, 6.45) is 0. The fraction of sp³-hybridized carbons (Fsp3) is 0.273. The summed E-state index contributed by atoms with van der Waals surface area (Å²) in [6.45, 7) is 2.03. The van der Waals surface area contributed by atoms with Gasteiger partial charge in [0, 0.05) is 12.1 Å². The quantitative estimate of drug-likeness (QED) is 0.847. The zero-order valence-electron chi connectivity index (χ0n) is 9.35. The van der Waals surface area contributed by atoms with Gasteiger partial charge in [-0.3, -0.25) is 0 Å². The summed E-state index contributed by atoms with van der Waals surface area (Å²) >= 11 is 0. The van der Waals surface area contributed by atoms with Crippen LogP contribution in [0.1, 0.15) is 24.4 Å². The summed E-state index contributed by atoms with van der Waals surface area (Å²) in [5.41, 5.74) is 6.11. The lowest BCUT2D eigenvalue weighted by Gasteiger charge is -2.02. The second-order valence-electron chi connectivity index (χ2n) is 3.68. The van der Waals surface area contributed by atoms with Gasteiger partial charge in [-0.1, -0.05) is 23.3 Å². The highest BCUT2D eigenvalue weighted by Crippen LogP contribution is 2.13. The predicted octanol–water partition coefficient (Wildman–Crippen LogP) is 1.84. The minimum absolute atomic E-state index is 0.237. The van der Waals surface area contributed by atoms with E-state index in [4.69, 9.17) is 10.2 Å². The average Bonchev–Trinajstić information content (AvgIpc) is 2.77. The molecule has 0 amide bonds. The number of hydrogen-bond donors (Lipinski definition) is 2. The molecule has 2 rings (SSSR count). The van der Waals surface area contributed by atoms with Crippen molar-refractivity contribution in [1.29, 1.82) is 0 Å². The Hall–Kier alpha value is -1.95. The normalized spacial score (nSPS) is 12.4. The van der Waals surface area contributed by atoms with Gasteiger partial charge in [-0.05, 0) is 13.0 Å². The standard InChI is InChI=1S/C11H13FN4O/c1-7(13)10-15-16-11(17-10)14-6-8-4-2-3-5-9(8)12/h2-5,7H,6,13H2,1H3,(H,14,16). The summed E-state index contributed by atoms with van der Waals surface area (Å²) in [5.74, 6) is 0.0768. The first-order valence-electron chi connectivity index (χ1n) is 5.23. The summed E-state index contributed by atoms with van der Waals surface area (Å²) in [5, 5.41) is 10.3. The molecule has 5 nitrogen and oxygen atoms in total. The SMILES string of the molecule is CC(N)c1nnc(NCc2ccccc2F)o1. The van der Waals surface area contributed by atoms with Crippen molar-refractivity contribution < 1.29 is 8.81 Å². The highest BCUT2D eigenvalue weighted by Gasteiger charge is 2.09.